The van der Waals surface area contributed by atoms with Gasteiger partial charge in [-0.25, -0.2) is 0 Å². The van der Waals surface area contributed by atoms with Crippen molar-refractivity contribution < 1.29 is 19.1 Å². The summed E-state index contributed by atoms with van der Waals surface area (Å²) in [5, 5.41) is 0. The second-order valence-electron chi connectivity index (χ2n) is 5.90. The number of hydrogen-bond donors (Lipinski definition) is 0. The average molecular weight is 315 g/mol. The minimum Gasteiger partial charge on any atom is -0.469 e. The zero-order chi connectivity index (χ0) is 15.3. The SMILES string of the molecule is COC(=O)CCN(CC1CCCO1)C(=O)C1(C)CCCS1. The fourth-order valence-corrected chi connectivity index (χ4v) is 4.20. The summed E-state index contributed by atoms with van der Waals surface area (Å²) in [5.41, 5.74) is 0. The lowest BCUT2D eigenvalue weighted by Crippen LogP contribution is -2.47. The van der Waals surface area contributed by atoms with Crippen molar-refractivity contribution in [2.75, 3.05) is 32.6 Å². The van der Waals surface area contributed by atoms with Crippen LogP contribution < -0.4 is 0 Å². The number of nitrogens with zero attached hydrogens (tertiary/aromatic N) is 1. The molecule has 0 N–H and O–H groups in total. The molecule has 0 aliphatic carbocycles. The molecular formula is C15H25NO4S. The monoisotopic (exact) mass is 315 g/mol. The fourth-order valence-electron chi connectivity index (χ4n) is 2.92. The molecule has 21 heavy (non-hydrogen) atoms. The van der Waals surface area contributed by atoms with E-state index in [1.807, 2.05) is 11.8 Å². The molecule has 0 aromatic heterocycles. The van der Waals surface area contributed by atoms with Crippen molar-refractivity contribution in [3.8, 4) is 0 Å². The maximum absolute atomic E-state index is 12.9. The molecule has 120 valence electrons. The van der Waals surface area contributed by atoms with Gasteiger partial charge in [-0.15, -0.1) is 11.8 Å². The van der Waals surface area contributed by atoms with E-state index in [0.717, 1.165) is 38.0 Å². The Morgan fingerprint density at radius 3 is 2.81 bits per heavy atom. The van der Waals surface area contributed by atoms with Crippen molar-refractivity contribution >= 4 is 23.6 Å². The van der Waals surface area contributed by atoms with Crippen molar-refractivity contribution in [3.05, 3.63) is 0 Å². The summed E-state index contributed by atoms with van der Waals surface area (Å²) < 4.78 is 9.99. The number of thioether (sulfide) groups is 1. The molecule has 2 aliphatic rings. The summed E-state index contributed by atoms with van der Waals surface area (Å²) >= 11 is 1.73. The Morgan fingerprint density at radius 1 is 1.43 bits per heavy atom. The van der Waals surface area contributed by atoms with E-state index in [9.17, 15) is 9.59 Å². The molecule has 2 saturated heterocycles. The Labute approximate surface area is 130 Å². The molecular weight excluding hydrogens is 290 g/mol. The molecule has 0 aromatic rings. The summed E-state index contributed by atoms with van der Waals surface area (Å²) in [5.74, 6) is 0.904. The van der Waals surface area contributed by atoms with Gasteiger partial charge in [0, 0.05) is 19.7 Å². The summed E-state index contributed by atoms with van der Waals surface area (Å²) in [6, 6.07) is 0. The molecule has 2 unspecified atom stereocenters. The van der Waals surface area contributed by atoms with Crippen LogP contribution in [0.2, 0.25) is 0 Å². The molecule has 0 spiro atoms. The first-order chi connectivity index (χ1) is 10.0. The molecule has 0 radical (unpaired) electrons. The van der Waals surface area contributed by atoms with Crippen molar-refractivity contribution in [2.24, 2.45) is 0 Å². The number of esters is 1. The zero-order valence-electron chi connectivity index (χ0n) is 12.9. The molecule has 2 rings (SSSR count). The molecule has 0 saturated carbocycles. The van der Waals surface area contributed by atoms with E-state index in [4.69, 9.17) is 4.74 Å². The quantitative estimate of drug-likeness (QED) is 0.700. The first kappa shape index (κ1) is 16.6. The van der Waals surface area contributed by atoms with Crippen LogP contribution >= 0.6 is 11.8 Å². The Kier molecular flexibility index (Phi) is 5.93. The van der Waals surface area contributed by atoms with Gasteiger partial charge in [0.15, 0.2) is 0 Å². The topological polar surface area (TPSA) is 55.8 Å². The third-order valence-electron chi connectivity index (χ3n) is 4.22. The second-order valence-corrected chi connectivity index (χ2v) is 7.49. The number of carbonyl (C=O) groups is 2. The number of amides is 1. The number of hydrogen-bond acceptors (Lipinski definition) is 5. The Morgan fingerprint density at radius 2 is 2.24 bits per heavy atom. The van der Waals surface area contributed by atoms with E-state index in [2.05, 4.69) is 4.74 Å². The van der Waals surface area contributed by atoms with Gasteiger partial charge in [-0.3, -0.25) is 9.59 Å². The highest BCUT2D eigenvalue weighted by atomic mass is 32.2. The number of ether oxygens (including phenoxy) is 2. The predicted molar refractivity (Wildman–Crippen MR) is 82.3 cm³/mol. The van der Waals surface area contributed by atoms with Gasteiger partial charge >= 0.3 is 5.97 Å². The predicted octanol–water partition coefficient (Wildman–Crippen LogP) is 1.84. The lowest BCUT2D eigenvalue weighted by molar-refractivity contribution is -0.142. The molecule has 0 aromatic carbocycles. The highest BCUT2D eigenvalue weighted by Gasteiger charge is 2.40. The summed E-state index contributed by atoms with van der Waals surface area (Å²) in [6.07, 6.45) is 4.40. The van der Waals surface area contributed by atoms with Crippen molar-refractivity contribution in [1.82, 2.24) is 4.90 Å². The van der Waals surface area contributed by atoms with Crippen LogP contribution in [0, 0.1) is 0 Å². The molecule has 6 heteroatoms. The normalized spacial score (nSPS) is 28.6. The van der Waals surface area contributed by atoms with Gasteiger partial charge in [-0.05, 0) is 38.4 Å². The Bertz CT molecular complexity index is 376. The number of methoxy groups -OCH3 is 1. The third-order valence-corrected chi connectivity index (χ3v) is 5.73. The van der Waals surface area contributed by atoms with Gasteiger partial charge in [-0.2, -0.15) is 0 Å². The van der Waals surface area contributed by atoms with Gasteiger partial charge in [0.1, 0.15) is 0 Å². The van der Waals surface area contributed by atoms with E-state index in [1.54, 1.807) is 11.8 Å². The lowest BCUT2D eigenvalue weighted by atomic mass is 10.0. The summed E-state index contributed by atoms with van der Waals surface area (Å²) in [7, 11) is 1.38. The van der Waals surface area contributed by atoms with Crippen LogP contribution in [0.25, 0.3) is 0 Å². The third kappa shape index (κ3) is 4.36. The molecule has 2 fully saturated rings. The van der Waals surface area contributed by atoms with Crippen LogP contribution in [-0.2, 0) is 19.1 Å². The summed E-state index contributed by atoms with van der Waals surface area (Å²) in [6.45, 7) is 3.80. The van der Waals surface area contributed by atoms with Crippen LogP contribution in [0.3, 0.4) is 0 Å². The standard InChI is InChI=1S/C15H25NO4S/c1-15(7-4-10-21-15)14(18)16(8-6-13(17)19-2)11-12-5-3-9-20-12/h12H,3-11H2,1-2H3. The smallest absolute Gasteiger partial charge is 0.307 e. The number of carbonyl (C=O) groups excluding carboxylic acids is 2. The highest BCUT2D eigenvalue weighted by Crippen LogP contribution is 2.39. The van der Waals surface area contributed by atoms with Gasteiger partial charge in [0.05, 0.1) is 24.4 Å². The van der Waals surface area contributed by atoms with Gasteiger partial charge < -0.3 is 14.4 Å². The molecule has 2 aliphatic heterocycles. The highest BCUT2D eigenvalue weighted by molar-refractivity contribution is 8.01. The maximum atomic E-state index is 12.9. The average Bonchev–Trinajstić information content (AvgIpc) is 3.14. The fraction of sp³-hybridized carbons (Fsp3) is 0.867. The molecule has 0 bridgehead atoms. The molecule has 2 heterocycles. The second kappa shape index (κ2) is 7.49. The van der Waals surface area contributed by atoms with Crippen molar-refractivity contribution in [3.63, 3.8) is 0 Å². The van der Waals surface area contributed by atoms with Crippen LogP contribution in [0.15, 0.2) is 0 Å². The van der Waals surface area contributed by atoms with E-state index >= 15 is 0 Å². The maximum Gasteiger partial charge on any atom is 0.307 e. The van der Waals surface area contributed by atoms with Crippen molar-refractivity contribution in [1.29, 1.82) is 0 Å². The first-order valence-corrected chi connectivity index (χ1v) is 8.65. The summed E-state index contributed by atoms with van der Waals surface area (Å²) in [4.78, 5) is 26.0. The van der Waals surface area contributed by atoms with Crippen LogP contribution in [0.4, 0.5) is 0 Å². The van der Waals surface area contributed by atoms with E-state index in [0.29, 0.717) is 13.1 Å². The molecule has 5 nitrogen and oxygen atoms in total. The Hall–Kier alpha value is -0.750. The largest absolute Gasteiger partial charge is 0.469 e. The van der Waals surface area contributed by atoms with Gasteiger partial charge in [0.25, 0.3) is 0 Å². The van der Waals surface area contributed by atoms with Gasteiger partial charge in [-0.1, -0.05) is 0 Å². The van der Waals surface area contributed by atoms with E-state index < -0.39 is 0 Å². The first-order valence-electron chi connectivity index (χ1n) is 7.67. The van der Waals surface area contributed by atoms with E-state index in [1.165, 1.54) is 7.11 Å². The number of rotatable bonds is 6. The Balaban J connectivity index is 1.98. The van der Waals surface area contributed by atoms with E-state index in [-0.39, 0.29) is 29.1 Å². The molecule has 2 atom stereocenters. The minimum absolute atomic E-state index is 0.113. The van der Waals surface area contributed by atoms with Crippen LogP contribution in [-0.4, -0.2) is 60.2 Å². The molecule has 1 amide bonds. The van der Waals surface area contributed by atoms with Crippen molar-refractivity contribution in [2.45, 2.75) is 49.9 Å². The van der Waals surface area contributed by atoms with Crippen LogP contribution in [0.5, 0.6) is 0 Å². The van der Waals surface area contributed by atoms with Gasteiger partial charge in [0.2, 0.25) is 5.91 Å². The minimum atomic E-state index is -0.339. The lowest BCUT2D eigenvalue weighted by Gasteiger charge is -2.32. The zero-order valence-corrected chi connectivity index (χ0v) is 13.7. The van der Waals surface area contributed by atoms with Crippen LogP contribution in [0.1, 0.15) is 39.0 Å².